The maximum Gasteiger partial charge on any atom is 0.414 e. The van der Waals surface area contributed by atoms with Gasteiger partial charge in [0.1, 0.15) is 11.5 Å². The molecule has 2 heterocycles. The van der Waals surface area contributed by atoms with E-state index >= 15 is 0 Å². The fraction of sp³-hybridized carbons (Fsp3) is 0.400. The maximum atomic E-state index is 13.1. The molecule has 11 heteroatoms. The van der Waals surface area contributed by atoms with Crippen LogP contribution in [0.5, 0.6) is 0 Å². The zero-order valence-corrected chi connectivity index (χ0v) is 19.9. The van der Waals surface area contributed by atoms with E-state index in [1.165, 1.54) is 23.9 Å². The number of aliphatic carboxylic acids is 1. The Morgan fingerprint density at radius 1 is 1.14 bits per heavy atom. The number of esters is 1. The standard InChI is InChI=1S/C25H29N3O8/c1-35-24(33)21(17-8-3-2-4-9-17)20-11-5-6-13-28(20)25(34)36-16-27-12-7-10-18(14-27)22(30)26-19(15-29)23(31)32/h2-4,7-10,12,14,19-21,29H,5-6,11,13,15-16H2,1H3,(H-,26,30,31,32)/p+1/t19-,20+,21+/m0/s1. The highest BCUT2D eigenvalue weighted by Crippen LogP contribution is 2.32. The number of carbonyl (C=O) groups is 4. The van der Waals surface area contributed by atoms with Gasteiger partial charge in [-0.2, -0.15) is 4.57 Å². The van der Waals surface area contributed by atoms with Crippen LogP contribution in [-0.2, 0) is 25.8 Å². The molecule has 11 nitrogen and oxygen atoms in total. The van der Waals surface area contributed by atoms with Crippen molar-refractivity contribution in [2.24, 2.45) is 0 Å². The summed E-state index contributed by atoms with van der Waals surface area (Å²) >= 11 is 0. The number of carboxylic acid groups (broad SMARTS) is 1. The third-order valence-electron chi connectivity index (χ3n) is 6.03. The first-order valence-electron chi connectivity index (χ1n) is 11.6. The number of hydrogen-bond acceptors (Lipinski definition) is 7. The van der Waals surface area contributed by atoms with Crippen molar-refractivity contribution in [3.05, 3.63) is 66.0 Å². The van der Waals surface area contributed by atoms with Crippen LogP contribution in [0.1, 0.15) is 41.1 Å². The van der Waals surface area contributed by atoms with E-state index in [4.69, 9.17) is 19.7 Å². The fourth-order valence-electron chi connectivity index (χ4n) is 4.21. The summed E-state index contributed by atoms with van der Waals surface area (Å²) in [4.78, 5) is 50.7. The maximum absolute atomic E-state index is 13.1. The molecular formula is C25H30N3O8+. The molecule has 1 fully saturated rings. The molecule has 0 spiro atoms. The number of pyridine rings is 1. The molecule has 2 amide bonds. The van der Waals surface area contributed by atoms with Gasteiger partial charge in [-0.05, 0) is 30.9 Å². The molecule has 1 aromatic carbocycles. The summed E-state index contributed by atoms with van der Waals surface area (Å²) in [6, 6.07) is 10.3. The van der Waals surface area contributed by atoms with Crippen LogP contribution in [0.25, 0.3) is 0 Å². The van der Waals surface area contributed by atoms with Crippen LogP contribution in [-0.4, -0.2) is 71.4 Å². The summed E-state index contributed by atoms with van der Waals surface area (Å²) in [6.45, 7) is -0.535. The molecule has 0 saturated carbocycles. The molecule has 0 unspecified atom stereocenters. The van der Waals surface area contributed by atoms with Crippen LogP contribution in [0, 0.1) is 0 Å². The lowest BCUT2D eigenvalue weighted by Crippen LogP contribution is -2.50. The van der Waals surface area contributed by atoms with E-state index in [-0.39, 0.29) is 12.3 Å². The monoisotopic (exact) mass is 500 g/mol. The van der Waals surface area contributed by atoms with Crippen LogP contribution >= 0.6 is 0 Å². The minimum atomic E-state index is -1.44. The topological polar surface area (TPSA) is 146 Å². The molecule has 3 N–H and O–H groups in total. The summed E-state index contributed by atoms with van der Waals surface area (Å²) in [7, 11) is 1.32. The number of methoxy groups -OCH3 is 1. The molecule has 0 bridgehead atoms. The van der Waals surface area contributed by atoms with Crippen molar-refractivity contribution >= 4 is 23.9 Å². The van der Waals surface area contributed by atoms with Gasteiger partial charge >= 0.3 is 18.0 Å². The Morgan fingerprint density at radius 3 is 2.56 bits per heavy atom. The van der Waals surface area contributed by atoms with Gasteiger partial charge in [-0.25, -0.2) is 9.59 Å². The Bertz CT molecular complexity index is 1080. The van der Waals surface area contributed by atoms with Crippen molar-refractivity contribution < 1.29 is 43.4 Å². The molecule has 3 rings (SSSR count). The van der Waals surface area contributed by atoms with Gasteiger partial charge in [-0.15, -0.1) is 0 Å². The smallest absolute Gasteiger partial charge is 0.414 e. The molecule has 192 valence electrons. The van der Waals surface area contributed by atoms with E-state index in [9.17, 15) is 19.2 Å². The number of carbonyl (C=O) groups excluding carboxylic acids is 3. The van der Waals surface area contributed by atoms with Gasteiger partial charge < -0.3 is 29.9 Å². The molecule has 36 heavy (non-hydrogen) atoms. The second-order valence-electron chi connectivity index (χ2n) is 8.36. The van der Waals surface area contributed by atoms with Crippen LogP contribution in [0.2, 0.25) is 0 Å². The Hall–Kier alpha value is -3.99. The van der Waals surface area contributed by atoms with E-state index in [0.29, 0.717) is 13.0 Å². The predicted octanol–water partition coefficient (Wildman–Crippen LogP) is 1.05. The highest BCUT2D eigenvalue weighted by atomic mass is 16.6. The van der Waals surface area contributed by atoms with Crippen molar-refractivity contribution in [2.75, 3.05) is 20.3 Å². The van der Waals surface area contributed by atoms with Gasteiger partial charge in [-0.1, -0.05) is 30.3 Å². The zero-order valence-electron chi connectivity index (χ0n) is 19.9. The largest absolute Gasteiger partial charge is 0.480 e. The van der Waals surface area contributed by atoms with Crippen molar-refractivity contribution in [3.8, 4) is 0 Å². The molecule has 2 aromatic rings. The van der Waals surface area contributed by atoms with Gasteiger partial charge in [0.05, 0.1) is 19.8 Å². The average Bonchev–Trinajstić information content (AvgIpc) is 2.91. The minimum Gasteiger partial charge on any atom is -0.480 e. The lowest BCUT2D eigenvalue weighted by Gasteiger charge is -2.38. The van der Waals surface area contributed by atoms with Crippen molar-refractivity contribution in [3.63, 3.8) is 0 Å². The zero-order chi connectivity index (χ0) is 26.1. The summed E-state index contributed by atoms with van der Waals surface area (Å²) in [5.41, 5.74) is 0.878. The second kappa shape index (κ2) is 12.6. The van der Waals surface area contributed by atoms with E-state index < -0.39 is 48.5 Å². The second-order valence-corrected chi connectivity index (χ2v) is 8.36. The number of nitrogens with one attached hydrogen (secondary N) is 1. The molecular weight excluding hydrogens is 470 g/mol. The number of benzene rings is 1. The number of aromatic nitrogens is 1. The fourth-order valence-corrected chi connectivity index (χ4v) is 4.21. The van der Waals surface area contributed by atoms with E-state index in [0.717, 1.165) is 18.4 Å². The van der Waals surface area contributed by atoms with Gasteiger partial charge in [0.15, 0.2) is 18.4 Å². The molecule has 0 aliphatic carbocycles. The first-order valence-corrected chi connectivity index (χ1v) is 11.6. The van der Waals surface area contributed by atoms with Gasteiger partial charge in [0.25, 0.3) is 12.6 Å². The Labute approximate surface area is 208 Å². The van der Waals surface area contributed by atoms with E-state index in [1.54, 1.807) is 17.2 Å². The lowest BCUT2D eigenvalue weighted by atomic mass is 9.85. The quantitative estimate of drug-likeness (QED) is 0.342. The number of nitrogens with zero attached hydrogens (tertiary/aromatic N) is 2. The molecule has 1 aliphatic rings. The van der Waals surface area contributed by atoms with E-state index in [2.05, 4.69) is 5.32 Å². The first kappa shape index (κ1) is 26.6. The number of amides is 2. The predicted molar refractivity (Wildman–Crippen MR) is 125 cm³/mol. The van der Waals surface area contributed by atoms with E-state index in [1.807, 2.05) is 30.3 Å². The number of likely N-dealkylation sites (tertiary alicyclic amines) is 1. The Balaban J connectivity index is 1.71. The third-order valence-corrected chi connectivity index (χ3v) is 6.03. The highest BCUT2D eigenvalue weighted by Gasteiger charge is 2.39. The minimum absolute atomic E-state index is 0.124. The summed E-state index contributed by atoms with van der Waals surface area (Å²) in [5.74, 6) is -3.14. The normalized spacial score (nSPS) is 16.9. The molecule has 1 saturated heterocycles. The number of aliphatic hydroxyl groups is 1. The van der Waals surface area contributed by atoms with Crippen molar-refractivity contribution in [2.45, 2.75) is 44.0 Å². The number of rotatable bonds is 9. The summed E-state index contributed by atoms with van der Waals surface area (Å²) < 4.78 is 12.0. The molecule has 3 atom stereocenters. The van der Waals surface area contributed by atoms with Gasteiger partial charge in [0.2, 0.25) is 0 Å². The average molecular weight is 501 g/mol. The van der Waals surface area contributed by atoms with Crippen LogP contribution in [0.15, 0.2) is 54.9 Å². The highest BCUT2D eigenvalue weighted by molar-refractivity contribution is 5.96. The number of ether oxygens (including phenoxy) is 2. The molecule has 1 aromatic heterocycles. The number of hydrogen-bond donors (Lipinski definition) is 3. The van der Waals surface area contributed by atoms with Crippen LogP contribution in [0.4, 0.5) is 4.79 Å². The summed E-state index contributed by atoms with van der Waals surface area (Å²) in [6.07, 6.45) is 4.62. The lowest BCUT2D eigenvalue weighted by molar-refractivity contribution is -0.727. The summed E-state index contributed by atoms with van der Waals surface area (Å²) in [5, 5.41) is 20.3. The Morgan fingerprint density at radius 2 is 1.89 bits per heavy atom. The molecule has 0 radical (unpaired) electrons. The van der Waals surface area contributed by atoms with Crippen molar-refractivity contribution in [1.29, 1.82) is 0 Å². The first-order chi connectivity index (χ1) is 17.3. The number of piperidine rings is 1. The SMILES string of the molecule is COC(=O)[C@H](c1ccccc1)[C@H]1CCCCN1C(=O)OC[n+]1cccc(C(=O)N[C@@H](CO)C(=O)O)c1. The van der Waals surface area contributed by atoms with Crippen LogP contribution in [0.3, 0.4) is 0 Å². The molecule has 1 aliphatic heterocycles. The van der Waals surface area contributed by atoms with Gasteiger partial charge in [-0.3, -0.25) is 9.59 Å². The number of carboxylic acids is 1. The van der Waals surface area contributed by atoms with Gasteiger partial charge in [0, 0.05) is 12.6 Å². The number of aliphatic hydroxyl groups excluding tert-OH is 1. The van der Waals surface area contributed by atoms with Crippen molar-refractivity contribution in [1.82, 2.24) is 10.2 Å². The van der Waals surface area contributed by atoms with Crippen LogP contribution < -0.4 is 9.88 Å². The third kappa shape index (κ3) is 6.57. The Kier molecular flexibility index (Phi) is 9.34.